The highest BCUT2D eigenvalue weighted by Gasteiger charge is 2.33. The van der Waals surface area contributed by atoms with E-state index >= 15 is 0 Å². The summed E-state index contributed by atoms with van der Waals surface area (Å²) >= 11 is 1.80. The average Bonchev–Trinajstić information content (AvgIpc) is 2.83. The smallest absolute Gasteiger partial charge is 0.118 e. The van der Waals surface area contributed by atoms with Crippen LogP contribution >= 0.6 is 11.8 Å². The zero-order chi connectivity index (χ0) is 12.3. The second kappa shape index (κ2) is 5.49. The van der Waals surface area contributed by atoms with Gasteiger partial charge in [-0.1, -0.05) is 20.3 Å². The molecule has 0 aliphatic heterocycles. The van der Waals surface area contributed by atoms with Crippen LogP contribution in [0.2, 0.25) is 0 Å². The Morgan fingerprint density at radius 2 is 2.18 bits per heavy atom. The molecule has 1 atom stereocenters. The minimum atomic E-state index is 0.439. The zero-order valence-corrected chi connectivity index (χ0v) is 11.9. The van der Waals surface area contributed by atoms with Crippen LogP contribution in [0.1, 0.15) is 44.6 Å². The molecule has 1 heterocycles. The van der Waals surface area contributed by atoms with Gasteiger partial charge >= 0.3 is 0 Å². The van der Waals surface area contributed by atoms with E-state index in [-0.39, 0.29) is 0 Å². The van der Waals surface area contributed by atoms with Crippen molar-refractivity contribution in [3.8, 4) is 0 Å². The van der Waals surface area contributed by atoms with Crippen molar-refractivity contribution in [2.45, 2.75) is 51.4 Å². The summed E-state index contributed by atoms with van der Waals surface area (Å²) in [5.41, 5.74) is 0.439. The molecule has 0 amide bonds. The van der Waals surface area contributed by atoms with Crippen molar-refractivity contribution in [2.75, 3.05) is 6.26 Å². The Labute approximate surface area is 109 Å². The number of thioether (sulfide) groups is 1. The summed E-state index contributed by atoms with van der Waals surface area (Å²) < 4.78 is 5.77. The molecule has 1 fully saturated rings. The summed E-state index contributed by atoms with van der Waals surface area (Å²) in [6.45, 7) is 5.58. The molecule has 1 aromatic rings. The standard InChI is InChI=1S/C14H23NOS/c1-14(2)8-4-5-13(14)15-9-11-6-7-12(16-11)10-17-3/h6-7,13,15H,4-5,8-10H2,1-3H3. The lowest BCUT2D eigenvalue weighted by Crippen LogP contribution is -2.37. The number of hydrogen-bond acceptors (Lipinski definition) is 3. The third-order valence-corrected chi connectivity index (χ3v) is 4.36. The van der Waals surface area contributed by atoms with E-state index in [0.717, 1.165) is 23.8 Å². The van der Waals surface area contributed by atoms with Crippen LogP contribution in [0.5, 0.6) is 0 Å². The molecule has 1 unspecified atom stereocenters. The highest BCUT2D eigenvalue weighted by Crippen LogP contribution is 2.37. The van der Waals surface area contributed by atoms with Gasteiger partial charge in [0, 0.05) is 6.04 Å². The molecule has 1 aromatic heterocycles. The van der Waals surface area contributed by atoms with Crippen LogP contribution in [-0.2, 0) is 12.3 Å². The lowest BCUT2D eigenvalue weighted by molar-refractivity contribution is 0.275. The van der Waals surface area contributed by atoms with Gasteiger partial charge in [0.15, 0.2) is 0 Å². The van der Waals surface area contributed by atoms with E-state index in [1.165, 1.54) is 19.3 Å². The molecule has 0 bridgehead atoms. The van der Waals surface area contributed by atoms with E-state index in [4.69, 9.17) is 4.42 Å². The van der Waals surface area contributed by atoms with Crippen molar-refractivity contribution >= 4 is 11.8 Å². The molecule has 0 aromatic carbocycles. The van der Waals surface area contributed by atoms with Gasteiger partial charge in [0.05, 0.1) is 12.3 Å². The Morgan fingerprint density at radius 3 is 2.82 bits per heavy atom. The number of furan rings is 1. The van der Waals surface area contributed by atoms with Crippen molar-refractivity contribution in [2.24, 2.45) is 5.41 Å². The summed E-state index contributed by atoms with van der Waals surface area (Å²) in [6.07, 6.45) is 6.08. The summed E-state index contributed by atoms with van der Waals surface area (Å²) in [7, 11) is 0. The molecule has 2 rings (SSSR count). The molecule has 3 heteroatoms. The third-order valence-electron chi connectivity index (χ3n) is 3.78. The maximum absolute atomic E-state index is 5.77. The Morgan fingerprint density at radius 1 is 1.41 bits per heavy atom. The van der Waals surface area contributed by atoms with Crippen LogP contribution < -0.4 is 5.32 Å². The molecule has 1 aliphatic rings. The van der Waals surface area contributed by atoms with Gasteiger partial charge in [-0.25, -0.2) is 0 Å². The first-order chi connectivity index (χ1) is 8.12. The van der Waals surface area contributed by atoms with Crippen molar-refractivity contribution < 1.29 is 4.42 Å². The van der Waals surface area contributed by atoms with Crippen molar-refractivity contribution in [1.29, 1.82) is 0 Å². The number of hydrogen-bond donors (Lipinski definition) is 1. The van der Waals surface area contributed by atoms with E-state index in [9.17, 15) is 0 Å². The van der Waals surface area contributed by atoms with Gasteiger partial charge in [0.25, 0.3) is 0 Å². The molecule has 96 valence electrons. The van der Waals surface area contributed by atoms with Gasteiger partial charge in [-0.15, -0.1) is 0 Å². The minimum Gasteiger partial charge on any atom is -0.464 e. The summed E-state index contributed by atoms with van der Waals surface area (Å²) in [5, 5.41) is 3.64. The largest absolute Gasteiger partial charge is 0.464 e. The fourth-order valence-electron chi connectivity index (χ4n) is 2.67. The lowest BCUT2D eigenvalue weighted by atomic mass is 9.87. The monoisotopic (exact) mass is 253 g/mol. The molecular weight excluding hydrogens is 230 g/mol. The SMILES string of the molecule is CSCc1ccc(CNC2CCCC2(C)C)o1. The van der Waals surface area contributed by atoms with Crippen molar-refractivity contribution in [3.63, 3.8) is 0 Å². The van der Waals surface area contributed by atoms with Crippen LogP contribution in [0.25, 0.3) is 0 Å². The van der Waals surface area contributed by atoms with Crippen LogP contribution in [0, 0.1) is 5.41 Å². The average molecular weight is 253 g/mol. The Hall–Kier alpha value is -0.410. The highest BCUT2D eigenvalue weighted by molar-refractivity contribution is 7.97. The zero-order valence-electron chi connectivity index (χ0n) is 11.1. The minimum absolute atomic E-state index is 0.439. The van der Waals surface area contributed by atoms with Gasteiger partial charge in [0.1, 0.15) is 11.5 Å². The van der Waals surface area contributed by atoms with Gasteiger partial charge < -0.3 is 9.73 Å². The summed E-state index contributed by atoms with van der Waals surface area (Å²) in [6, 6.07) is 4.82. The molecule has 1 saturated carbocycles. The molecule has 2 nitrogen and oxygen atoms in total. The van der Waals surface area contributed by atoms with E-state index in [1.54, 1.807) is 11.8 Å². The first kappa shape index (κ1) is 13.0. The normalized spacial score (nSPS) is 23.1. The molecule has 1 N–H and O–H groups in total. The Kier molecular flexibility index (Phi) is 4.21. The second-order valence-electron chi connectivity index (χ2n) is 5.62. The van der Waals surface area contributed by atoms with Crippen LogP contribution in [0.4, 0.5) is 0 Å². The molecule has 17 heavy (non-hydrogen) atoms. The molecular formula is C14H23NOS. The van der Waals surface area contributed by atoms with Crippen LogP contribution in [0.3, 0.4) is 0 Å². The molecule has 0 spiro atoms. The van der Waals surface area contributed by atoms with E-state index in [1.807, 2.05) is 0 Å². The highest BCUT2D eigenvalue weighted by atomic mass is 32.2. The van der Waals surface area contributed by atoms with Gasteiger partial charge in [-0.05, 0) is 36.6 Å². The lowest BCUT2D eigenvalue weighted by Gasteiger charge is -2.27. The quantitative estimate of drug-likeness (QED) is 0.864. The molecule has 0 radical (unpaired) electrons. The topological polar surface area (TPSA) is 25.2 Å². The second-order valence-corrected chi connectivity index (χ2v) is 6.48. The Bertz CT molecular complexity index is 359. The molecule has 0 saturated heterocycles. The third kappa shape index (κ3) is 3.29. The fourth-order valence-corrected chi connectivity index (χ4v) is 3.11. The Balaban J connectivity index is 1.85. The first-order valence-electron chi connectivity index (χ1n) is 6.42. The molecule has 1 aliphatic carbocycles. The van der Waals surface area contributed by atoms with Gasteiger partial charge in [-0.3, -0.25) is 0 Å². The van der Waals surface area contributed by atoms with E-state index < -0.39 is 0 Å². The fraction of sp³-hybridized carbons (Fsp3) is 0.714. The predicted molar refractivity (Wildman–Crippen MR) is 74.2 cm³/mol. The maximum atomic E-state index is 5.77. The van der Waals surface area contributed by atoms with Crippen LogP contribution in [0.15, 0.2) is 16.5 Å². The number of nitrogens with one attached hydrogen (secondary N) is 1. The number of rotatable bonds is 5. The summed E-state index contributed by atoms with van der Waals surface area (Å²) in [5.74, 6) is 3.12. The van der Waals surface area contributed by atoms with E-state index in [2.05, 4.69) is 37.6 Å². The summed E-state index contributed by atoms with van der Waals surface area (Å²) in [4.78, 5) is 0. The maximum Gasteiger partial charge on any atom is 0.118 e. The predicted octanol–water partition coefficient (Wildman–Crippen LogP) is 3.81. The van der Waals surface area contributed by atoms with E-state index in [0.29, 0.717) is 11.5 Å². The van der Waals surface area contributed by atoms with Gasteiger partial charge in [0.2, 0.25) is 0 Å². The van der Waals surface area contributed by atoms with Crippen LogP contribution in [-0.4, -0.2) is 12.3 Å². The van der Waals surface area contributed by atoms with Gasteiger partial charge in [-0.2, -0.15) is 11.8 Å². The first-order valence-corrected chi connectivity index (χ1v) is 7.81. The van der Waals surface area contributed by atoms with Crippen molar-refractivity contribution in [3.05, 3.63) is 23.7 Å². The van der Waals surface area contributed by atoms with Crippen molar-refractivity contribution in [1.82, 2.24) is 5.32 Å².